The maximum atomic E-state index is 11.5. The van der Waals surface area contributed by atoms with Crippen LogP contribution in [-0.2, 0) is 0 Å². The Kier molecular flexibility index (Phi) is 6.03. The summed E-state index contributed by atoms with van der Waals surface area (Å²) in [5, 5.41) is 0. The summed E-state index contributed by atoms with van der Waals surface area (Å²) in [7, 11) is 4.70. The van der Waals surface area contributed by atoms with Crippen LogP contribution in [0.4, 0.5) is 0 Å². The number of nitrogens with zero attached hydrogens (tertiary/aromatic N) is 1. The molecule has 0 aliphatic carbocycles. The van der Waals surface area contributed by atoms with Crippen molar-refractivity contribution in [1.29, 1.82) is 0 Å². The molecule has 0 aliphatic rings. The topological polar surface area (TPSA) is 38.7 Å². The predicted molar refractivity (Wildman–Crippen MR) is 71.5 cm³/mol. The number of benzene rings is 1. The molecule has 0 bridgehead atoms. The number of carbonyl (C=O) groups is 1. The molecule has 0 fully saturated rings. The quantitative estimate of drug-likeness (QED) is 0.350. The van der Waals surface area contributed by atoms with Crippen molar-refractivity contribution in [2.24, 2.45) is 4.99 Å². The van der Waals surface area contributed by atoms with Gasteiger partial charge in [-0.3, -0.25) is 4.79 Å². The number of ether oxygens (including phenoxy) is 1. The highest BCUT2D eigenvalue weighted by Gasteiger charge is 2.02. The Morgan fingerprint density at radius 2 is 2.12 bits per heavy atom. The molecule has 0 N–H and O–H groups in total. The molecule has 5 heteroatoms. The van der Waals surface area contributed by atoms with Crippen molar-refractivity contribution >= 4 is 33.0 Å². The highest BCUT2D eigenvalue weighted by atomic mass is 33.1. The van der Waals surface area contributed by atoms with Gasteiger partial charge >= 0.3 is 0 Å². The smallest absolute Gasteiger partial charge is 0.277 e. The van der Waals surface area contributed by atoms with Crippen molar-refractivity contribution in [2.75, 3.05) is 12.9 Å². The van der Waals surface area contributed by atoms with E-state index in [-0.39, 0.29) is 5.91 Å². The highest BCUT2D eigenvalue weighted by Crippen LogP contribution is 2.17. The number of amides is 1. The largest absolute Gasteiger partial charge is 0.497 e. The Labute approximate surface area is 103 Å². The first-order valence-electron chi connectivity index (χ1n) is 4.77. The zero-order valence-electron chi connectivity index (χ0n) is 9.17. The summed E-state index contributed by atoms with van der Waals surface area (Å²) >= 11 is 0. The molecule has 1 amide bonds. The van der Waals surface area contributed by atoms with Crippen LogP contribution in [0.2, 0.25) is 0 Å². The molecule has 86 valence electrons. The van der Waals surface area contributed by atoms with E-state index in [4.69, 9.17) is 4.74 Å². The van der Waals surface area contributed by atoms with Crippen LogP contribution < -0.4 is 4.74 Å². The maximum Gasteiger partial charge on any atom is 0.277 e. The third kappa shape index (κ3) is 4.28. The third-order valence-electron chi connectivity index (χ3n) is 1.74. The van der Waals surface area contributed by atoms with Crippen molar-refractivity contribution in [1.82, 2.24) is 0 Å². The van der Waals surface area contributed by atoms with Crippen molar-refractivity contribution in [3.63, 3.8) is 0 Å². The van der Waals surface area contributed by atoms with E-state index in [1.807, 2.05) is 0 Å². The monoisotopic (exact) mass is 255 g/mol. The summed E-state index contributed by atoms with van der Waals surface area (Å²) in [6.45, 7) is 2.05. The van der Waals surface area contributed by atoms with Gasteiger partial charge in [-0.2, -0.15) is 0 Å². The minimum absolute atomic E-state index is 0.230. The van der Waals surface area contributed by atoms with E-state index in [0.29, 0.717) is 5.56 Å². The molecule has 1 rings (SSSR count). The van der Waals surface area contributed by atoms with Gasteiger partial charge in [0.05, 0.1) is 12.7 Å². The molecule has 16 heavy (non-hydrogen) atoms. The lowest BCUT2D eigenvalue weighted by Crippen LogP contribution is -1.94. The van der Waals surface area contributed by atoms with Gasteiger partial charge in [0.15, 0.2) is 0 Å². The highest BCUT2D eigenvalue weighted by molar-refractivity contribution is 8.81. The van der Waals surface area contributed by atoms with Crippen LogP contribution in [0.15, 0.2) is 29.3 Å². The second kappa shape index (κ2) is 7.35. The summed E-state index contributed by atoms with van der Waals surface area (Å²) in [6, 6.07) is 6.90. The fourth-order valence-electron chi connectivity index (χ4n) is 0.976. The fourth-order valence-corrected chi connectivity index (χ4v) is 2.03. The first-order chi connectivity index (χ1) is 7.77. The SMILES string of the molecule is CCSSC=NC(=O)c1ccc(OC)cc1. The Morgan fingerprint density at radius 1 is 1.44 bits per heavy atom. The molecule has 1 aromatic carbocycles. The molecule has 0 atom stereocenters. The molecule has 0 heterocycles. The van der Waals surface area contributed by atoms with Crippen molar-refractivity contribution in [3.05, 3.63) is 29.8 Å². The number of hydrogen-bond donors (Lipinski definition) is 0. The number of methoxy groups -OCH3 is 1. The van der Waals surface area contributed by atoms with E-state index in [1.54, 1.807) is 47.7 Å². The van der Waals surface area contributed by atoms with Crippen molar-refractivity contribution in [3.8, 4) is 5.75 Å². The van der Waals surface area contributed by atoms with E-state index in [1.165, 1.54) is 10.8 Å². The van der Waals surface area contributed by atoms with Crippen molar-refractivity contribution < 1.29 is 9.53 Å². The summed E-state index contributed by atoms with van der Waals surface area (Å²) in [5.41, 5.74) is 2.14. The lowest BCUT2D eigenvalue weighted by atomic mass is 10.2. The van der Waals surface area contributed by atoms with Gasteiger partial charge in [0.25, 0.3) is 5.91 Å². The second-order valence-electron chi connectivity index (χ2n) is 2.77. The number of aliphatic imine (C=N–C) groups is 1. The van der Waals surface area contributed by atoms with Crippen LogP contribution in [-0.4, -0.2) is 24.3 Å². The molecule has 0 spiro atoms. The second-order valence-corrected chi connectivity index (χ2v) is 5.27. The molecule has 3 nitrogen and oxygen atoms in total. The summed E-state index contributed by atoms with van der Waals surface area (Å²) in [6.07, 6.45) is 0. The Bertz CT molecular complexity index is 363. The first kappa shape index (κ1) is 13.1. The van der Waals surface area contributed by atoms with Crippen LogP contribution in [0.3, 0.4) is 0 Å². The zero-order valence-corrected chi connectivity index (χ0v) is 10.8. The normalized spacial score (nSPS) is 10.6. The molecular formula is C11H13NO2S2. The van der Waals surface area contributed by atoms with Gasteiger partial charge in [0.2, 0.25) is 0 Å². The fraction of sp³-hybridized carbons (Fsp3) is 0.273. The van der Waals surface area contributed by atoms with Crippen LogP contribution in [0.25, 0.3) is 0 Å². The van der Waals surface area contributed by atoms with Gasteiger partial charge in [0, 0.05) is 11.3 Å². The molecule has 0 radical (unpaired) electrons. The van der Waals surface area contributed by atoms with Gasteiger partial charge < -0.3 is 4.74 Å². The van der Waals surface area contributed by atoms with E-state index >= 15 is 0 Å². The van der Waals surface area contributed by atoms with E-state index in [2.05, 4.69) is 11.9 Å². The van der Waals surface area contributed by atoms with Crippen LogP contribution in [0.1, 0.15) is 17.3 Å². The molecule has 0 saturated carbocycles. The Balaban J connectivity index is 2.55. The lowest BCUT2D eigenvalue weighted by Gasteiger charge is -1.99. The van der Waals surface area contributed by atoms with E-state index in [0.717, 1.165) is 11.5 Å². The van der Waals surface area contributed by atoms with Gasteiger partial charge in [0.1, 0.15) is 5.75 Å². The van der Waals surface area contributed by atoms with Gasteiger partial charge in [-0.15, -0.1) is 0 Å². The van der Waals surface area contributed by atoms with Crippen LogP contribution in [0, 0.1) is 0 Å². The number of rotatable bonds is 5. The zero-order chi connectivity index (χ0) is 11.8. The Morgan fingerprint density at radius 3 is 2.69 bits per heavy atom. The number of carbonyl (C=O) groups excluding carboxylic acids is 1. The average molecular weight is 255 g/mol. The Hall–Kier alpha value is -0.940. The molecule has 0 unspecified atom stereocenters. The minimum atomic E-state index is -0.230. The molecule has 0 saturated heterocycles. The molecular weight excluding hydrogens is 242 g/mol. The van der Waals surface area contributed by atoms with Crippen LogP contribution >= 0.6 is 21.6 Å². The van der Waals surface area contributed by atoms with E-state index in [9.17, 15) is 4.79 Å². The number of hydrogen-bond acceptors (Lipinski definition) is 4. The third-order valence-corrected chi connectivity index (χ3v) is 3.67. The van der Waals surface area contributed by atoms with Crippen LogP contribution in [0.5, 0.6) is 5.75 Å². The standard InChI is InChI=1S/C11H13NO2S2/c1-3-15-16-8-12-11(13)9-4-6-10(14-2)7-5-9/h4-8H,3H2,1-2H3. The van der Waals surface area contributed by atoms with Gasteiger partial charge in [-0.1, -0.05) is 17.7 Å². The summed E-state index contributed by atoms with van der Waals surface area (Å²) in [5.74, 6) is 1.50. The predicted octanol–water partition coefficient (Wildman–Crippen LogP) is 3.27. The minimum Gasteiger partial charge on any atom is -0.497 e. The molecule has 1 aromatic rings. The average Bonchev–Trinajstić information content (AvgIpc) is 2.34. The maximum absolute atomic E-state index is 11.5. The summed E-state index contributed by atoms with van der Waals surface area (Å²) < 4.78 is 5.00. The molecule has 0 aliphatic heterocycles. The molecule has 0 aromatic heterocycles. The summed E-state index contributed by atoms with van der Waals surface area (Å²) in [4.78, 5) is 15.4. The first-order valence-corrected chi connectivity index (χ1v) is 7.15. The van der Waals surface area contributed by atoms with Crippen molar-refractivity contribution in [2.45, 2.75) is 6.92 Å². The van der Waals surface area contributed by atoms with E-state index < -0.39 is 0 Å². The lowest BCUT2D eigenvalue weighted by molar-refractivity contribution is 0.100. The van der Waals surface area contributed by atoms with Gasteiger partial charge in [-0.25, -0.2) is 4.99 Å². The van der Waals surface area contributed by atoms with Gasteiger partial charge in [-0.05, 0) is 35.1 Å².